The summed E-state index contributed by atoms with van der Waals surface area (Å²) in [5, 5.41) is 3.43. The number of rotatable bonds is 0. The van der Waals surface area contributed by atoms with Gasteiger partial charge in [-0.15, -0.1) is 0 Å². The van der Waals surface area contributed by atoms with Crippen molar-refractivity contribution in [2.45, 2.75) is 19.3 Å². The first-order valence-corrected chi connectivity index (χ1v) is 4.70. The van der Waals surface area contributed by atoms with Crippen LogP contribution >= 0.6 is 0 Å². The van der Waals surface area contributed by atoms with E-state index >= 15 is 0 Å². The van der Waals surface area contributed by atoms with Crippen molar-refractivity contribution < 1.29 is 0 Å². The summed E-state index contributed by atoms with van der Waals surface area (Å²) in [4.78, 5) is 2.48. The second-order valence-electron chi connectivity index (χ2n) is 4.24. The predicted molar refractivity (Wildman–Crippen MR) is 49.3 cm³/mol. The molecule has 0 unspecified atom stereocenters. The highest BCUT2D eigenvalue weighted by Gasteiger charge is 2.36. The van der Waals surface area contributed by atoms with E-state index in [-0.39, 0.29) is 0 Å². The number of nitrogens with zero attached hydrogens (tertiary/aromatic N) is 1. The molecule has 2 saturated heterocycles. The van der Waals surface area contributed by atoms with E-state index in [1.54, 1.807) is 0 Å². The SMILES string of the molecule is BN1CCC2(CCNCC2)C1. The molecule has 0 atom stereocenters. The van der Waals surface area contributed by atoms with Gasteiger partial charge in [-0.2, -0.15) is 0 Å². The Morgan fingerprint density at radius 2 is 1.91 bits per heavy atom. The van der Waals surface area contributed by atoms with Crippen molar-refractivity contribution in [2.75, 3.05) is 26.2 Å². The van der Waals surface area contributed by atoms with E-state index in [4.69, 9.17) is 0 Å². The molecule has 11 heavy (non-hydrogen) atoms. The predicted octanol–water partition coefficient (Wildman–Crippen LogP) is -0.390. The Kier molecular flexibility index (Phi) is 1.94. The summed E-state index contributed by atoms with van der Waals surface area (Å²) in [5.74, 6) is 0. The van der Waals surface area contributed by atoms with E-state index in [2.05, 4.69) is 18.1 Å². The third-order valence-electron chi connectivity index (χ3n) is 3.29. The minimum absolute atomic E-state index is 0.708. The van der Waals surface area contributed by atoms with E-state index in [0.717, 1.165) is 0 Å². The average molecular weight is 152 g/mol. The van der Waals surface area contributed by atoms with Crippen LogP contribution in [-0.4, -0.2) is 39.0 Å². The molecule has 2 fully saturated rings. The van der Waals surface area contributed by atoms with Crippen molar-refractivity contribution in [2.24, 2.45) is 5.41 Å². The highest BCUT2D eigenvalue weighted by atomic mass is 15.1. The van der Waals surface area contributed by atoms with Crippen LogP contribution in [0.2, 0.25) is 0 Å². The van der Waals surface area contributed by atoms with Crippen LogP contribution in [0, 0.1) is 5.41 Å². The summed E-state index contributed by atoms with van der Waals surface area (Å²) in [5.41, 5.74) is 0.708. The highest BCUT2D eigenvalue weighted by Crippen LogP contribution is 2.37. The zero-order valence-electron chi connectivity index (χ0n) is 7.40. The second kappa shape index (κ2) is 2.79. The van der Waals surface area contributed by atoms with Gasteiger partial charge in [0.25, 0.3) is 0 Å². The maximum absolute atomic E-state index is 3.43. The zero-order valence-corrected chi connectivity index (χ0v) is 7.40. The Morgan fingerprint density at radius 1 is 1.18 bits per heavy atom. The van der Waals surface area contributed by atoms with Gasteiger partial charge < -0.3 is 10.1 Å². The van der Waals surface area contributed by atoms with Crippen LogP contribution in [0.4, 0.5) is 0 Å². The molecule has 1 spiro atoms. The van der Waals surface area contributed by atoms with Crippen LogP contribution in [0.15, 0.2) is 0 Å². The zero-order chi connectivity index (χ0) is 7.73. The minimum atomic E-state index is 0.708. The first-order valence-electron chi connectivity index (χ1n) is 4.70. The van der Waals surface area contributed by atoms with Gasteiger partial charge in [-0.05, 0) is 50.9 Å². The van der Waals surface area contributed by atoms with Crippen LogP contribution in [0.25, 0.3) is 0 Å². The van der Waals surface area contributed by atoms with Crippen LogP contribution in [0.3, 0.4) is 0 Å². The number of hydrogen-bond acceptors (Lipinski definition) is 2. The molecule has 0 saturated carbocycles. The third kappa shape index (κ3) is 1.45. The largest absolute Gasteiger partial charge is 0.348 e. The molecule has 2 aliphatic rings. The third-order valence-corrected chi connectivity index (χ3v) is 3.29. The fourth-order valence-electron chi connectivity index (χ4n) is 2.52. The van der Waals surface area contributed by atoms with Gasteiger partial charge in [0.05, 0.1) is 0 Å². The first kappa shape index (κ1) is 7.62. The maximum Gasteiger partial charge on any atom is 0.185 e. The van der Waals surface area contributed by atoms with E-state index < -0.39 is 0 Å². The lowest BCUT2D eigenvalue weighted by Crippen LogP contribution is -2.38. The molecule has 2 nitrogen and oxygen atoms in total. The minimum Gasteiger partial charge on any atom is -0.348 e. The van der Waals surface area contributed by atoms with E-state index in [1.807, 2.05) is 0 Å². The van der Waals surface area contributed by atoms with Gasteiger partial charge in [0.2, 0.25) is 0 Å². The van der Waals surface area contributed by atoms with E-state index in [1.165, 1.54) is 45.4 Å². The van der Waals surface area contributed by atoms with Crippen molar-refractivity contribution in [1.29, 1.82) is 0 Å². The molecule has 3 heteroatoms. The first-order chi connectivity index (χ1) is 5.31. The lowest BCUT2D eigenvalue weighted by atomic mass is 9.78. The Hall–Kier alpha value is -0.0151. The van der Waals surface area contributed by atoms with Crippen molar-refractivity contribution in [1.82, 2.24) is 10.1 Å². The lowest BCUT2D eigenvalue weighted by Gasteiger charge is -2.33. The van der Waals surface area contributed by atoms with Gasteiger partial charge in [-0.3, -0.25) is 0 Å². The van der Waals surface area contributed by atoms with Gasteiger partial charge in [0.1, 0.15) is 0 Å². The number of piperidine rings is 1. The van der Waals surface area contributed by atoms with E-state index in [0.29, 0.717) is 5.41 Å². The molecule has 0 aromatic heterocycles. The van der Waals surface area contributed by atoms with Gasteiger partial charge in [-0.1, -0.05) is 0 Å². The summed E-state index contributed by atoms with van der Waals surface area (Å²) >= 11 is 0. The Bertz CT molecular complexity index is 138. The highest BCUT2D eigenvalue weighted by molar-refractivity contribution is 6.04. The van der Waals surface area contributed by atoms with Gasteiger partial charge in [0.15, 0.2) is 7.98 Å². The molecular formula is C8H17BN2. The Balaban J connectivity index is 1.98. The molecule has 0 bridgehead atoms. The van der Waals surface area contributed by atoms with Gasteiger partial charge in [-0.25, -0.2) is 0 Å². The van der Waals surface area contributed by atoms with Crippen LogP contribution in [-0.2, 0) is 0 Å². The van der Waals surface area contributed by atoms with Gasteiger partial charge >= 0.3 is 0 Å². The molecule has 0 radical (unpaired) electrons. The lowest BCUT2D eigenvalue weighted by molar-refractivity contribution is 0.219. The summed E-state index contributed by atoms with van der Waals surface area (Å²) in [6.45, 7) is 5.15. The normalized spacial score (nSPS) is 31.3. The molecule has 0 aromatic carbocycles. The summed E-state index contributed by atoms with van der Waals surface area (Å²) < 4.78 is 0. The van der Waals surface area contributed by atoms with Crippen LogP contribution in [0.1, 0.15) is 19.3 Å². The Morgan fingerprint density at radius 3 is 2.45 bits per heavy atom. The standard InChI is InChI=1S/C8H17BN2/c9-11-6-3-8(7-11)1-4-10-5-2-8/h10H,1-7,9H2. The topological polar surface area (TPSA) is 15.3 Å². The van der Waals surface area contributed by atoms with Crippen molar-refractivity contribution in [3.63, 3.8) is 0 Å². The molecule has 2 heterocycles. The quantitative estimate of drug-likeness (QED) is 0.475. The molecule has 1 N–H and O–H groups in total. The molecule has 2 aliphatic heterocycles. The maximum atomic E-state index is 3.43. The smallest absolute Gasteiger partial charge is 0.185 e. The monoisotopic (exact) mass is 152 g/mol. The van der Waals surface area contributed by atoms with Gasteiger partial charge in [0, 0.05) is 0 Å². The molecule has 0 aliphatic carbocycles. The number of hydrogen-bond donors (Lipinski definition) is 1. The average Bonchev–Trinajstić information content (AvgIpc) is 2.34. The fraction of sp³-hybridized carbons (Fsp3) is 1.00. The molecular weight excluding hydrogens is 135 g/mol. The van der Waals surface area contributed by atoms with Crippen LogP contribution < -0.4 is 5.32 Å². The molecule has 0 aromatic rings. The van der Waals surface area contributed by atoms with Crippen LogP contribution in [0.5, 0.6) is 0 Å². The van der Waals surface area contributed by atoms with E-state index in [9.17, 15) is 0 Å². The molecule has 62 valence electrons. The van der Waals surface area contributed by atoms with Crippen molar-refractivity contribution >= 4 is 7.98 Å². The second-order valence-corrected chi connectivity index (χ2v) is 4.24. The Labute approximate surface area is 69.8 Å². The molecule has 0 amide bonds. The molecule has 2 rings (SSSR count). The summed E-state index contributed by atoms with van der Waals surface area (Å²) in [6, 6.07) is 0. The summed E-state index contributed by atoms with van der Waals surface area (Å²) in [6.07, 6.45) is 4.24. The fourth-order valence-corrected chi connectivity index (χ4v) is 2.52. The summed E-state index contributed by atoms with van der Waals surface area (Å²) in [7, 11) is 2.25. The van der Waals surface area contributed by atoms with Crippen molar-refractivity contribution in [3.8, 4) is 0 Å². The number of nitrogens with one attached hydrogen (secondary N) is 1. The van der Waals surface area contributed by atoms with Crippen molar-refractivity contribution in [3.05, 3.63) is 0 Å².